The zero-order valence-electron chi connectivity index (χ0n) is 11.5. The molecule has 3 rings (SSSR count). The van der Waals surface area contributed by atoms with Gasteiger partial charge in [-0.05, 0) is 66.5 Å². The van der Waals surface area contributed by atoms with E-state index in [2.05, 4.69) is 32.6 Å². The highest BCUT2D eigenvalue weighted by Crippen LogP contribution is 2.39. The largest absolute Gasteiger partial charge is 0.369 e. The molecular weight excluding hydrogens is 384 g/mol. The van der Waals surface area contributed by atoms with Crippen LogP contribution < -0.4 is 16.4 Å². The van der Waals surface area contributed by atoms with Crippen molar-refractivity contribution < 1.29 is 4.39 Å². The SMILES string of the molecule is NC1=NC2(CCCCC2)N(c2cc(F)cc(I)c2)C(N)=N1. The van der Waals surface area contributed by atoms with Crippen molar-refractivity contribution >= 4 is 40.2 Å². The summed E-state index contributed by atoms with van der Waals surface area (Å²) in [7, 11) is 0. The third kappa shape index (κ3) is 2.70. The lowest BCUT2D eigenvalue weighted by atomic mass is 9.87. The fourth-order valence-corrected chi connectivity index (χ4v) is 3.78. The zero-order valence-corrected chi connectivity index (χ0v) is 13.7. The second-order valence-corrected chi connectivity index (χ2v) is 6.69. The van der Waals surface area contributed by atoms with Gasteiger partial charge in [-0.2, -0.15) is 4.99 Å². The second kappa shape index (κ2) is 5.43. The van der Waals surface area contributed by atoms with Crippen LogP contribution in [0.5, 0.6) is 0 Å². The van der Waals surface area contributed by atoms with Gasteiger partial charge in [-0.1, -0.05) is 6.42 Å². The lowest BCUT2D eigenvalue weighted by Gasteiger charge is -2.45. The Morgan fingerprint density at radius 3 is 2.52 bits per heavy atom. The first-order chi connectivity index (χ1) is 10.00. The third-order valence-corrected chi connectivity index (χ3v) is 4.58. The first-order valence-electron chi connectivity index (χ1n) is 6.96. The lowest BCUT2D eigenvalue weighted by molar-refractivity contribution is 0.305. The van der Waals surface area contributed by atoms with Crippen LogP contribution in [-0.4, -0.2) is 17.6 Å². The van der Waals surface area contributed by atoms with Gasteiger partial charge in [-0.3, -0.25) is 4.90 Å². The van der Waals surface area contributed by atoms with Crippen molar-refractivity contribution in [2.45, 2.75) is 37.8 Å². The molecule has 1 saturated carbocycles. The van der Waals surface area contributed by atoms with Gasteiger partial charge >= 0.3 is 0 Å². The number of halogens is 2. The van der Waals surface area contributed by atoms with Crippen molar-refractivity contribution in [1.82, 2.24) is 0 Å². The van der Waals surface area contributed by atoms with Gasteiger partial charge in [0.15, 0.2) is 0 Å². The molecule has 1 aliphatic heterocycles. The molecule has 21 heavy (non-hydrogen) atoms. The van der Waals surface area contributed by atoms with E-state index < -0.39 is 5.66 Å². The van der Waals surface area contributed by atoms with Crippen LogP contribution in [0, 0.1) is 9.39 Å². The smallest absolute Gasteiger partial charge is 0.220 e. The van der Waals surface area contributed by atoms with Crippen LogP contribution in [-0.2, 0) is 0 Å². The van der Waals surface area contributed by atoms with Gasteiger partial charge in [-0.15, -0.1) is 0 Å². The summed E-state index contributed by atoms with van der Waals surface area (Å²) in [6.45, 7) is 0. The third-order valence-electron chi connectivity index (χ3n) is 3.96. The molecular formula is C14H17FIN5. The fraction of sp³-hybridized carbons (Fsp3) is 0.429. The monoisotopic (exact) mass is 401 g/mol. The summed E-state index contributed by atoms with van der Waals surface area (Å²) in [6.07, 6.45) is 4.96. The summed E-state index contributed by atoms with van der Waals surface area (Å²) in [5.74, 6) is 0.195. The summed E-state index contributed by atoms with van der Waals surface area (Å²) in [6, 6.07) is 4.84. The Bertz CT molecular complexity index is 602. The van der Waals surface area contributed by atoms with Crippen LogP contribution in [0.15, 0.2) is 28.2 Å². The van der Waals surface area contributed by atoms with Crippen LogP contribution in [0.1, 0.15) is 32.1 Å². The van der Waals surface area contributed by atoms with Crippen LogP contribution in [0.3, 0.4) is 0 Å². The molecule has 0 bridgehead atoms. The van der Waals surface area contributed by atoms with Crippen molar-refractivity contribution in [3.05, 3.63) is 27.6 Å². The number of aliphatic imine (C=N–C) groups is 2. The average molecular weight is 401 g/mol. The molecule has 1 aromatic rings. The molecule has 1 aliphatic carbocycles. The van der Waals surface area contributed by atoms with E-state index >= 15 is 0 Å². The molecule has 4 N–H and O–H groups in total. The highest BCUT2D eigenvalue weighted by Gasteiger charge is 2.42. The van der Waals surface area contributed by atoms with Gasteiger partial charge in [0.05, 0.1) is 5.69 Å². The Morgan fingerprint density at radius 2 is 1.86 bits per heavy atom. The Hall–Kier alpha value is -1.38. The van der Waals surface area contributed by atoms with E-state index in [1.165, 1.54) is 18.6 Å². The molecule has 0 unspecified atom stereocenters. The number of hydrogen-bond acceptors (Lipinski definition) is 5. The second-order valence-electron chi connectivity index (χ2n) is 5.45. The van der Waals surface area contributed by atoms with E-state index in [9.17, 15) is 4.39 Å². The van der Waals surface area contributed by atoms with Crippen LogP contribution in [0.2, 0.25) is 0 Å². The maximum atomic E-state index is 13.8. The minimum atomic E-state index is -0.523. The van der Waals surface area contributed by atoms with Gasteiger partial charge < -0.3 is 11.5 Å². The van der Waals surface area contributed by atoms with Crippen molar-refractivity contribution in [3.8, 4) is 0 Å². The van der Waals surface area contributed by atoms with Crippen molar-refractivity contribution in [2.24, 2.45) is 21.5 Å². The first kappa shape index (κ1) is 14.6. The summed E-state index contributed by atoms with van der Waals surface area (Å²) in [5.41, 5.74) is 12.1. The fourth-order valence-electron chi connectivity index (χ4n) is 3.16. The number of nitrogens with zero attached hydrogens (tertiary/aromatic N) is 3. The Kier molecular flexibility index (Phi) is 3.76. The molecule has 0 amide bonds. The molecule has 1 heterocycles. The van der Waals surface area contributed by atoms with Gasteiger partial charge in [0, 0.05) is 3.57 Å². The van der Waals surface area contributed by atoms with E-state index in [1.54, 1.807) is 0 Å². The standard InChI is InChI=1S/C14H17FIN5/c15-9-6-10(16)8-11(7-9)21-13(18)19-12(17)20-14(21)4-2-1-3-5-14/h6-8H,1-5H2,(H4,17,18,19,20). The molecule has 5 nitrogen and oxygen atoms in total. The molecule has 1 fully saturated rings. The number of hydrogen-bond donors (Lipinski definition) is 2. The van der Waals surface area contributed by atoms with E-state index in [-0.39, 0.29) is 17.7 Å². The molecule has 0 aromatic heterocycles. The molecule has 0 radical (unpaired) electrons. The molecule has 112 valence electrons. The van der Waals surface area contributed by atoms with Gasteiger partial charge in [-0.25, -0.2) is 9.38 Å². The molecule has 7 heteroatoms. The van der Waals surface area contributed by atoms with Gasteiger partial charge in [0.2, 0.25) is 11.9 Å². The van der Waals surface area contributed by atoms with Crippen LogP contribution in [0.25, 0.3) is 0 Å². The summed E-state index contributed by atoms with van der Waals surface area (Å²) in [4.78, 5) is 10.5. The topological polar surface area (TPSA) is 80.0 Å². The maximum Gasteiger partial charge on any atom is 0.220 e. The molecule has 1 aromatic carbocycles. The summed E-state index contributed by atoms with van der Waals surface area (Å²) < 4.78 is 14.6. The maximum absolute atomic E-state index is 13.8. The first-order valence-corrected chi connectivity index (χ1v) is 8.04. The van der Waals surface area contributed by atoms with E-state index in [0.29, 0.717) is 5.69 Å². The Labute approximate surface area is 136 Å². The van der Waals surface area contributed by atoms with E-state index in [1.807, 2.05) is 11.0 Å². The highest BCUT2D eigenvalue weighted by atomic mass is 127. The van der Waals surface area contributed by atoms with Gasteiger partial charge in [0.1, 0.15) is 11.5 Å². The average Bonchev–Trinajstić information content (AvgIpc) is 2.37. The predicted molar refractivity (Wildman–Crippen MR) is 90.7 cm³/mol. The number of benzene rings is 1. The lowest BCUT2D eigenvalue weighted by Crippen LogP contribution is -2.58. The number of anilines is 1. The molecule has 2 aliphatic rings. The Balaban J connectivity index is 2.10. The predicted octanol–water partition coefficient (Wildman–Crippen LogP) is 2.54. The molecule has 0 saturated heterocycles. The summed E-state index contributed by atoms with van der Waals surface area (Å²) in [5, 5.41) is 0. The highest BCUT2D eigenvalue weighted by molar-refractivity contribution is 14.1. The quantitative estimate of drug-likeness (QED) is 0.710. The Morgan fingerprint density at radius 1 is 1.14 bits per heavy atom. The van der Waals surface area contributed by atoms with Gasteiger partial charge in [0.25, 0.3) is 0 Å². The number of nitrogens with two attached hydrogens (primary N) is 2. The number of guanidine groups is 2. The van der Waals surface area contributed by atoms with Crippen LogP contribution >= 0.6 is 22.6 Å². The number of rotatable bonds is 1. The van der Waals surface area contributed by atoms with Crippen molar-refractivity contribution in [1.29, 1.82) is 0 Å². The molecule has 1 spiro atoms. The van der Waals surface area contributed by atoms with Crippen molar-refractivity contribution in [2.75, 3.05) is 4.90 Å². The zero-order chi connectivity index (χ0) is 15.0. The van der Waals surface area contributed by atoms with Crippen molar-refractivity contribution in [3.63, 3.8) is 0 Å². The summed E-state index contributed by atoms with van der Waals surface area (Å²) >= 11 is 2.09. The minimum absolute atomic E-state index is 0.205. The van der Waals surface area contributed by atoms with E-state index in [0.717, 1.165) is 29.3 Å². The molecule has 0 atom stereocenters. The minimum Gasteiger partial charge on any atom is -0.369 e. The normalized spacial score (nSPS) is 21.1. The van der Waals surface area contributed by atoms with E-state index in [4.69, 9.17) is 11.5 Å². The van der Waals surface area contributed by atoms with Crippen LogP contribution in [0.4, 0.5) is 10.1 Å².